The van der Waals surface area contributed by atoms with Crippen LogP contribution in [0.4, 0.5) is 11.4 Å². The number of benzene rings is 4. The van der Waals surface area contributed by atoms with E-state index >= 15 is 0 Å². The van der Waals surface area contributed by atoms with Crippen LogP contribution in [0.3, 0.4) is 0 Å². The van der Waals surface area contributed by atoms with Gasteiger partial charge in [0.05, 0.1) is 34.7 Å². The molecule has 0 aliphatic rings. The van der Waals surface area contributed by atoms with Crippen LogP contribution in [0, 0.1) is 0 Å². The molecule has 0 aliphatic heterocycles. The average molecular weight is 647 g/mol. The van der Waals surface area contributed by atoms with Crippen LogP contribution in [0.15, 0.2) is 107 Å². The highest BCUT2D eigenvalue weighted by molar-refractivity contribution is 5.90. The Balaban J connectivity index is 1.26. The van der Waals surface area contributed by atoms with E-state index in [4.69, 9.17) is 9.47 Å². The van der Waals surface area contributed by atoms with Crippen LogP contribution in [0.5, 0.6) is 0 Å². The molecule has 0 bridgehead atoms. The van der Waals surface area contributed by atoms with Crippen molar-refractivity contribution in [1.82, 2.24) is 0 Å². The van der Waals surface area contributed by atoms with Crippen molar-refractivity contribution in [2.24, 2.45) is 10.2 Å². The van der Waals surface area contributed by atoms with E-state index in [0.717, 1.165) is 59.3 Å². The summed E-state index contributed by atoms with van der Waals surface area (Å²) < 4.78 is 11.3. The lowest BCUT2D eigenvalue weighted by atomic mass is 10.0. The topological polar surface area (TPSA) is 77.3 Å². The predicted molar refractivity (Wildman–Crippen MR) is 195 cm³/mol. The lowest BCUT2D eigenvalue weighted by Crippen LogP contribution is -2.15. The first-order valence-corrected chi connectivity index (χ1v) is 17.6. The molecule has 0 fully saturated rings. The molecule has 0 heterocycles. The van der Waals surface area contributed by atoms with Gasteiger partial charge in [-0.15, -0.1) is 0 Å². The standard InChI is InChI=1S/C42H50N2O4/c1-5-7-9-11-13-31(3)47-41(45)37-19-15-33(16-20-37)35-23-27-39(28-24-35)43-44-40-29-25-36(26-30-40)34-17-21-38(22-18-34)42(46)48-32(4)14-12-10-8-6-2/h15-32H,5-14H2,1-4H3. The molecule has 0 saturated carbocycles. The van der Waals surface area contributed by atoms with E-state index in [1.807, 2.05) is 111 Å². The van der Waals surface area contributed by atoms with E-state index in [-0.39, 0.29) is 24.1 Å². The van der Waals surface area contributed by atoms with E-state index in [9.17, 15) is 9.59 Å². The van der Waals surface area contributed by atoms with Crippen molar-refractivity contribution < 1.29 is 19.1 Å². The van der Waals surface area contributed by atoms with E-state index < -0.39 is 0 Å². The summed E-state index contributed by atoms with van der Waals surface area (Å²) in [5, 5.41) is 8.81. The maximum Gasteiger partial charge on any atom is 0.338 e. The molecule has 0 spiro atoms. The molecule has 0 amide bonds. The Morgan fingerprint density at radius 2 is 0.792 bits per heavy atom. The molecule has 6 heteroatoms. The number of azo groups is 1. The van der Waals surface area contributed by atoms with Crippen LogP contribution in [-0.4, -0.2) is 24.1 Å². The molecular formula is C42H50N2O4. The van der Waals surface area contributed by atoms with Crippen LogP contribution >= 0.6 is 0 Å². The van der Waals surface area contributed by atoms with Gasteiger partial charge in [0.25, 0.3) is 0 Å². The number of hydrogen-bond donors (Lipinski definition) is 0. The number of ether oxygens (including phenoxy) is 2. The van der Waals surface area contributed by atoms with Gasteiger partial charge in [-0.05, 0) is 110 Å². The number of carbonyl (C=O) groups excluding carboxylic acids is 2. The Morgan fingerprint density at radius 3 is 1.10 bits per heavy atom. The van der Waals surface area contributed by atoms with Gasteiger partial charge < -0.3 is 9.47 Å². The fraction of sp³-hybridized carbons (Fsp3) is 0.381. The first-order chi connectivity index (χ1) is 23.4. The lowest BCUT2D eigenvalue weighted by Gasteiger charge is -2.13. The van der Waals surface area contributed by atoms with E-state index in [2.05, 4.69) is 24.1 Å². The number of unbranched alkanes of at least 4 members (excludes halogenated alkanes) is 6. The number of carbonyl (C=O) groups is 2. The molecule has 6 nitrogen and oxygen atoms in total. The van der Waals surface area contributed by atoms with Crippen LogP contribution < -0.4 is 0 Å². The fourth-order valence-corrected chi connectivity index (χ4v) is 5.49. The molecule has 0 aliphatic carbocycles. The minimum Gasteiger partial charge on any atom is -0.459 e. The summed E-state index contributed by atoms with van der Waals surface area (Å²) in [6.07, 6.45) is 11.0. The van der Waals surface area contributed by atoms with Crippen molar-refractivity contribution in [3.8, 4) is 22.3 Å². The van der Waals surface area contributed by atoms with Crippen LogP contribution in [0.2, 0.25) is 0 Å². The van der Waals surface area contributed by atoms with Gasteiger partial charge >= 0.3 is 11.9 Å². The minimum absolute atomic E-state index is 0.0802. The zero-order chi connectivity index (χ0) is 34.1. The Labute approximate surface area is 286 Å². The second-order valence-electron chi connectivity index (χ2n) is 12.6. The van der Waals surface area contributed by atoms with Gasteiger partial charge in [0.1, 0.15) is 0 Å². The van der Waals surface area contributed by atoms with Gasteiger partial charge in [0.2, 0.25) is 0 Å². The summed E-state index contributed by atoms with van der Waals surface area (Å²) >= 11 is 0. The molecule has 0 radical (unpaired) electrons. The third kappa shape index (κ3) is 11.6. The molecule has 252 valence electrons. The summed E-state index contributed by atoms with van der Waals surface area (Å²) in [4.78, 5) is 25.1. The van der Waals surface area contributed by atoms with Crippen molar-refractivity contribution in [2.75, 3.05) is 0 Å². The highest BCUT2D eigenvalue weighted by Crippen LogP contribution is 2.27. The Morgan fingerprint density at radius 1 is 0.479 bits per heavy atom. The SMILES string of the molecule is CCCCCCC(C)OC(=O)c1ccc(-c2ccc(N=Nc3ccc(-c4ccc(C(=O)OC(C)CCCCCC)cc4)cc3)cc2)cc1. The Hall–Kier alpha value is -4.58. The zero-order valence-corrected chi connectivity index (χ0v) is 29.0. The van der Waals surface area contributed by atoms with Gasteiger partial charge in [0.15, 0.2) is 0 Å². The van der Waals surface area contributed by atoms with Gasteiger partial charge in [0, 0.05) is 0 Å². The average Bonchev–Trinajstić information content (AvgIpc) is 3.11. The fourth-order valence-electron chi connectivity index (χ4n) is 5.49. The monoisotopic (exact) mass is 646 g/mol. The number of rotatable bonds is 18. The third-order valence-corrected chi connectivity index (χ3v) is 8.47. The van der Waals surface area contributed by atoms with Crippen LogP contribution in [0.1, 0.15) is 113 Å². The smallest absolute Gasteiger partial charge is 0.338 e. The quantitative estimate of drug-likeness (QED) is 0.0612. The Bertz CT molecular complexity index is 1460. The van der Waals surface area contributed by atoms with Crippen molar-refractivity contribution in [2.45, 2.75) is 104 Å². The number of esters is 2. The minimum atomic E-state index is -0.276. The van der Waals surface area contributed by atoms with Crippen LogP contribution in [-0.2, 0) is 9.47 Å². The summed E-state index contributed by atoms with van der Waals surface area (Å²) in [5.74, 6) is -0.553. The largest absolute Gasteiger partial charge is 0.459 e. The normalized spacial score (nSPS) is 12.5. The number of nitrogens with zero attached hydrogens (tertiary/aromatic N) is 2. The van der Waals surface area contributed by atoms with Crippen molar-refractivity contribution in [3.63, 3.8) is 0 Å². The molecule has 2 unspecified atom stereocenters. The number of hydrogen-bond acceptors (Lipinski definition) is 6. The van der Waals surface area contributed by atoms with Gasteiger partial charge in [-0.2, -0.15) is 10.2 Å². The second kappa shape index (κ2) is 19.3. The van der Waals surface area contributed by atoms with Crippen molar-refractivity contribution >= 4 is 23.3 Å². The summed E-state index contributed by atoms with van der Waals surface area (Å²) in [5.41, 5.74) is 6.68. The van der Waals surface area contributed by atoms with Crippen molar-refractivity contribution in [1.29, 1.82) is 0 Å². The van der Waals surface area contributed by atoms with Gasteiger partial charge in [-0.1, -0.05) is 101 Å². The van der Waals surface area contributed by atoms with Gasteiger partial charge in [-0.25, -0.2) is 9.59 Å². The van der Waals surface area contributed by atoms with Crippen LogP contribution in [0.25, 0.3) is 22.3 Å². The molecule has 48 heavy (non-hydrogen) atoms. The highest BCUT2D eigenvalue weighted by Gasteiger charge is 2.13. The molecule has 4 aromatic carbocycles. The molecule has 0 aromatic heterocycles. The molecule has 4 rings (SSSR count). The summed E-state index contributed by atoms with van der Waals surface area (Å²) in [7, 11) is 0. The second-order valence-corrected chi connectivity index (χ2v) is 12.6. The maximum atomic E-state index is 12.6. The molecule has 0 saturated heterocycles. The van der Waals surface area contributed by atoms with E-state index in [0.29, 0.717) is 11.1 Å². The summed E-state index contributed by atoms with van der Waals surface area (Å²) in [6.45, 7) is 8.31. The lowest BCUT2D eigenvalue weighted by molar-refractivity contribution is 0.0309. The molecular weight excluding hydrogens is 596 g/mol. The molecule has 4 aromatic rings. The van der Waals surface area contributed by atoms with E-state index in [1.54, 1.807) is 0 Å². The van der Waals surface area contributed by atoms with Gasteiger partial charge in [-0.3, -0.25) is 0 Å². The Kier molecular flexibility index (Phi) is 14.6. The first kappa shape index (κ1) is 36.3. The predicted octanol–water partition coefficient (Wildman–Crippen LogP) is 12.5. The summed E-state index contributed by atoms with van der Waals surface area (Å²) in [6, 6.07) is 30.7. The zero-order valence-electron chi connectivity index (χ0n) is 29.0. The van der Waals surface area contributed by atoms with Crippen molar-refractivity contribution in [3.05, 3.63) is 108 Å². The first-order valence-electron chi connectivity index (χ1n) is 17.6. The third-order valence-electron chi connectivity index (χ3n) is 8.47. The molecule has 2 atom stereocenters. The molecule has 0 N–H and O–H groups in total. The highest BCUT2D eigenvalue weighted by atomic mass is 16.5. The van der Waals surface area contributed by atoms with E-state index in [1.165, 1.54) is 38.5 Å². The maximum absolute atomic E-state index is 12.6.